The van der Waals surface area contributed by atoms with Gasteiger partial charge in [-0.3, -0.25) is 0 Å². The van der Waals surface area contributed by atoms with Gasteiger partial charge in [-0.25, -0.2) is 0 Å². The molecule has 1 unspecified atom stereocenters. The van der Waals surface area contributed by atoms with E-state index in [4.69, 9.17) is 5.73 Å². The summed E-state index contributed by atoms with van der Waals surface area (Å²) in [5, 5.41) is 0. The average Bonchev–Trinajstić information content (AvgIpc) is 2.31. The number of nitrogens with two attached hydrogens (primary N) is 1. The van der Waals surface area contributed by atoms with Gasteiger partial charge in [-0.2, -0.15) is 8.78 Å². The summed E-state index contributed by atoms with van der Waals surface area (Å²) in [4.78, 5) is 0. The molecule has 19 heavy (non-hydrogen) atoms. The lowest BCUT2D eigenvalue weighted by Crippen LogP contribution is -2.08. The quantitative estimate of drug-likeness (QED) is 0.381. The largest absolute Gasteiger partial charge is 0.327 e. The van der Waals surface area contributed by atoms with E-state index in [-0.39, 0.29) is 6.42 Å². The van der Waals surface area contributed by atoms with Gasteiger partial charge in [0.05, 0.1) is 0 Å². The van der Waals surface area contributed by atoms with Crippen molar-refractivity contribution in [3.8, 4) is 0 Å². The Bertz CT molecular complexity index is 332. The minimum Gasteiger partial charge on any atom is -0.327 e. The minimum absolute atomic E-state index is 0.0148. The van der Waals surface area contributed by atoms with Crippen molar-refractivity contribution in [1.29, 1.82) is 0 Å². The standard InChI is InChI=1S/C15H24F2IN/c1-12-5-4-6-13(11-19)8-9-14(12)7-2-3-10-15(16,17)18/h8-9,12H,2-7,10-11,19H2,1H3/b13-8+,14-9-. The van der Waals surface area contributed by atoms with Crippen molar-refractivity contribution in [2.45, 2.75) is 55.8 Å². The summed E-state index contributed by atoms with van der Waals surface area (Å²) in [6.07, 6.45) is 10.1. The molecule has 2 N–H and O–H groups in total. The Morgan fingerprint density at radius 2 is 2.11 bits per heavy atom. The maximum Gasteiger partial charge on any atom is 0.296 e. The lowest BCUT2D eigenvalue weighted by molar-refractivity contribution is 0.113. The summed E-state index contributed by atoms with van der Waals surface area (Å²) in [7, 11) is 0. The normalized spacial score (nSPS) is 26.9. The Morgan fingerprint density at radius 1 is 1.37 bits per heavy atom. The van der Waals surface area contributed by atoms with E-state index < -0.39 is 3.93 Å². The molecule has 1 atom stereocenters. The molecule has 1 rings (SSSR count). The molecule has 1 nitrogen and oxygen atoms in total. The summed E-state index contributed by atoms with van der Waals surface area (Å²) in [5.41, 5.74) is 8.38. The van der Waals surface area contributed by atoms with Gasteiger partial charge in [0.25, 0.3) is 3.93 Å². The molecule has 0 saturated carbocycles. The van der Waals surface area contributed by atoms with Gasteiger partial charge in [-0.05, 0) is 67.0 Å². The fraction of sp³-hybridized carbons (Fsp3) is 0.733. The van der Waals surface area contributed by atoms with Gasteiger partial charge in [0.1, 0.15) is 0 Å². The zero-order valence-corrected chi connectivity index (χ0v) is 13.8. The predicted octanol–water partition coefficient (Wildman–Crippen LogP) is 5.21. The molecular formula is C15H24F2IN. The van der Waals surface area contributed by atoms with Crippen molar-refractivity contribution in [1.82, 2.24) is 0 Å². The molecular weight excluding hydrogens is 359 g/mol. The van der Waals surface area contributed by atoms with E-state index in [2.05, 4.69) is 19.1 Å². The first kappa shape index (κ1) is 17.1. The Labute approximate surface area is 128 Å². The van der Waals surface area contributed by atoms with Crippen molar-refractivity contribution in [3.05, 3.63) is 23.3 Å². The van der Waals surface area contributed by atoms with Crippen LogP contribution >= 0.6 is 22.6 Å². The highest BCUT2D eigenvalue weighted by atomic mass is 127. The van der Waals surface area contributed by atoms with Crippen LogP contribution in [0.3, 0.4) is 0 Å². The SMILES string of the molecule is CC1CCC/C(CN)=C\C=C/1CCCCC(F)(F)I. The van der Waals surface area contributed by atoms with Gasteiger partial charge in [0, 0.05) is 13.0 Å². The molecule has 4 heteroatoms. The number of unbranched alkanes of at least 4 members (excludes halogenated alkanes) is 1. The Balaban J connectivity index is 2.48. The molecule has 0 radical (unpaired) electrons. The van der Waals surface area contributed by atoms with E-state index in [0.717, 1.165) is 19.3 Å². The lowest BCUT2D eigenvalue weighted by Gasteiger charge is -2.19. The van der Waals surface area contributed by atoms with Crippen LogP contribution in [0.15, 0.2) is 23.3 Å². The third-order valence-corrected chi connectivity index (χ3v) is 4.28. The third kappa shape index (κ3) is 7.40. The van der Waals surface area contributed by atoms with Crippen molar-refractivity contribution >= 4 is 22.6 Å². The maximum absolute atomic E-state index is 12.7. The highest BCUT2D eigenvalue weighted by molar-refractivity contribution is 14.1. The molecule has 0 fully saturated rings. The van der Waals surface area contributed by atoms with Crippen LogP contribution < -0.4 is 5.73 Å². The van der Waals surface area contributed by atoms with Crippen LogP contribution in [0.25, 0.3) is 0 Å². The number of rotatable bonds is 6. The second-order valence-electron chi connectivity index (χ2n) is 5.39. The minimum atomic E-state index is -2.55. The summed E-state index contributed by atoms with van der Waals surface area (Å²) in [6.45, 7) is 2.86. The van der Waals surface area contributed by atoms with Crippen LogP contribution in [0.2, 0.25) is 0 Å². The molecule has 0 saturated heterocycles. The monoisotopic (exact) mass is 383 g/mol. The van der Waals surface area contributed by atoms with Crippen molar-refractivity contribution in [2.75, 3.05) is 6.54 Å². The van der Waals surface area contributed by atoms with Gasteiger partial charge < -0.3 is 5.73 Å². The number of hydrogen-bond donors (Lipinski definition) is 1. The van der Waals surface area contributed by atoms with Gasteiger partial charge in [-0.15, -0.1) is 0 Å². The maximum atomic E-state index is 12.7. The molecule has 0 bridgehead atoms. The molecule has 0 spiro atoms. The fourth-order valence-corrected chi connectivity index (χ4v) is 2.83. The lowest BCUT2D eigenvalue weighted by atomic mass is 9.88. The number of halogens is 3. The van der Waals surface area contributed by atoms with E-state index in [1.54, 1.807) is 0 Å². The van der Waals surface area contributed by atoms with Crippen molar-refractivity contribution in [3.63, 3.8) is 0 Å². The van der Waals surface area contributed by atoms with E-state index >= 15 is 0 Å². The van der Waals surface area contributed by atoms with E-state index in [1.807, 2.05) is 0 Å². The van der Waals surface area contributed by atoms with Gasteiger partial charge in [0.15, 0.2) is 0 Å². The predicted molar refractivity (Wildman–Crippen MR) is 85.7 cm³/mol. The molecule has 110 valence electrons. The van der Waals surface area contributed by atoms with Gasteiger partial charge in [0.2, 0.25) is 0 Å². The highest BCUT2D eigenvalue weighted by Crippen LogP contribution is 2.31. The smallest absolute Gasteiger partial charge is 0.296 e. The molecule has 0 heterocycles. The Morgan fingerprint density at radius 3 is 2.74 bits per heavy atom. The van der Waals surface area contributed by atoms with Gasteiger partial charge in [-0.1, -0.05) is 30.2 Å². The fourth-order valence-electron chi connectivity index (χ4n) is 2.45. The van der Waals surface area contributed by atoms with Crippen LogP contribution in [-0.2, 0) is 0 Å². The zero-order valence-electron chi connectivity index (χ0n) is 11.6. The zero-order chi connectivity index (χ0) is 14.3. The first-order valence-corrected chi connectivity index (χ1v) is 8.15. The summed E-state index contributed by atoms with van der Waals surface area (Å²) >= 11 is 1.22. The van der Waals surface area contributed by atoms with Crippen LogP contribution in [0.1, 0.15) is 51.9 Å². The molecule has 0 amide bonds. The first-order chi connectivity index (χ1) is 8.92. The molecule has 1 aliphatic carbocycles. The van der Waals surface area contributed by atoms with E-state index in [1.165, 1.54) is 46.6 Å². The molecule has 1 aliphatic rings. The third-order valence-electron chi connectivity index (χ3n) is 3.74. The van der Waals surface area contributed by atoms with Gasteiger partial charge >= 0.3 is 0 Å². The summed E-state index contributed by atoms with van der Waals surface area (Å²) in [5.74, 6) is 0.565. The van der Waals surface area contributed by atoms with Crippen molar-refractivity contribution in [2.24, 2.45) is 11.7 Å². The van der Waals surface area contributed by atoms with Crippen LogP contribution in [-0.4, -0.2) is 10.5 Å². The summed E-state index contributed by atoms with van der Waals surface area (Å²) < 4.78 is 22.9. The van der Waals surface area contributed by atoms with Crippen LogP contribution in [0, 0.1) is 5.92 Å². The van der Waals surface area contributed by atoms with E-state index in [0.29, 0.717) is 18.9 Å². The Hall–Kier alpha value is 0.0300. The second kappa shape index (κ2) is 8.35. The second-order valence-corrected chi connectivity index (χ2v) is 6.96. The molecule has 0 aromatic heterocycles. The van der Waals surface area contributed by atoms with E-state index in [9.17, 15) is 8.78 Å². The number of alkyl halides is 3. The van der Waals surface area contributed by atoms with Crippen LogP contribution in [0.5, 0.6) is 0 Å². The number of allylic oxidation sites excluding steroid dienone is 3. The molecule has 0 aromatic carbocycles. The summed E-state index contributed by atoms with van der Waals surface area (Å²) in [6, 6.07) is 0. The van der Waals surface area contributed by atoms with Crippen LogP contribution in [0.4, 0.5) is 8.78 Å². The topological polar surface area (TPSA) is 26.0 Å². The van der Waals surface area contributed by atoms with Crippen molar-refractivity contribution < 1.29 is 8.78 Å². The Kier molecular flexibility index (Phi) is 7.50. The first-order valence-electron chi connectivity index (χ1n) is 7.07. The number of hydrogen-bond acceptors (Lipinski definition) is 1. The molecule has 0 aromatic rings. The molecule has 0 aliphatic heterocycles. The highest BCUT2D eigenvalue weighted by Gasteiger charge is 2.22. The average molecular weight is 383 g/mol.